The van der Waals surface area contributed by atoms with Gasteiger partial charge in [-0.2, -0.15) is 8.75 Å². The van der Waals surface area contributed by atoms with Crippen molar-refractivity contribution in [1.82, 2.24) is 13.3 Å². The standard InChI is InChI=1S/C78H56N4S/c1-77(2)68-21-13-11-19-62(68)64-39-33-56(47-70(64)77)51-27-23-49(24-28-51)54-35-42-72-66(45-54)67-46-55(50-25-29-52(30-26-50)57-34-40-65-63-20-12-14-22-69(63)78(3,4)71(65)48-57)36-43-73(67)82(72)60-37-31-53(32-38-60)61-41-44-74(76-75(61)79-83-80-76)81(58-15-7-5-8-16-58)59-17-9-6-10-18-59/h5-48H,1-4H3. The molecular weight excluding hydrogens is 1020 g/mol. The summed E-state index contributed by atoms with van der Waals surface area (Å²) in [6, 6.07) is 98.4. The Labute approximate surface area is 488 Å². The molecule has 2 aliphatic carbocycles. The highest BCUT2D eigenvalue weighted by Crippen LogP contribution is 2.52. The Balaban J connectivity index is 0.769. The molecule has 0 saturated carbocycles. The number of nitrogens with zero attached hydrogens (tertiary/aromatic N) is 4. The quantitative estimate of drug-likeness (QED) is 0.144. The molecule has 0 bridgehead atoms. The van der Waals surface area contributed by atoms with Crippen LogP contribution in [0, 0.1) is 0 Å². The summed E-state index contributed by atoms with van der Waals surface area (Å²) in [6.45, 7) is 9.41. The Kier molecular flexibility index (Phi) is 11.1. The highest BCUT2D eigenvalue weighted by atomic mass is 32.1. The lowest BCUT2D eigenvalue weighted by atomic mass is 9.81. The molecule has 0 saturated heterocycles. The topological polar surface area (TPSA) is 34.0 Å². The summed E-state index contributed by atoms with van der Waals surface area (Å²) < 4.78 is 12.3. The molecule has 394 valence electrons. The van der Waals surface area contributed by atoms with E-state index in [9.17, 15) is 0 Å². The first kappa shape index (κ1) is 48.9. The van der Waals surface area contributed by atoms with Crippen LogP contribution in [0.4, 0.5) is 17.1 Å². The number of rotatable bonds is 9. The Bertz CT molecular complexity index is 4630. The molecule has 0 amide bonds. The zero-order valence-electron chi connectivity index (χ0n) is 46.6. The van der Waals surface area contributed by atoms with Crippen LogP contribution in [-0.2, 0) is 10.8 Å². The Morgan fingerprint density at radius 3 is 1.17 bits per heavy atom. The second-order valence-electron chi connectivity index (χ2n) is 23.5. The van der Waals surface area contributed by atoms with E-state index in [1.807, 2.05) is 0 Å². The van der Waals surface area contributed by atoms with Gasteiger partial charge in [-0.3, -0.25) is 0 Å². The van der Waals surface area contributed by atoms with Crippen molar-refractivity contribution in [3.8, 4) is 83.6 Å². The zero-order chi connectivity index (χ0) is 55.6. The number of hydrogen-bond acceptors (Lipinski definition) is 4. The average Bonchev–Trinajstić information content (AvgIpc) is 3.65. The molecule has 2 heterocycles. The molecule has 0 N–H and O–H groups in total. The van der Waals surface area contributed by atoms with Crippen molar-refractivity contribution in [2.24, 2.45) is 0 Å². The first-order valence-electron chi connectivity index (χ1n) is 28.7. The van der Waals surface area contributed by atoms with Crippen molar-refractivity contribution in [2.75, 3.05) is 4.90 Å². The van der Waals surface area contributed by atoms with Gasteiger partial charge in [-0.15, -0.1) is 0 Å². The van der Waals surface area contributed by atoms with Crippen LogP contribution in [-0.4, -0.2) is 13.3 Å². The molecule has 2 aromatic heterocycles. The van der Waals surface area contributed by atoms with Gasteiger partial charge in [0.05, 0.1) is 28.4 Å². The van der Waals surface area contributed by atoms with Gasteiger partial charge < -0.3 is 9.47 Å². The van der Waals surface area contributed by atoms with E-state index < -0.39 is 0 Å². The molecule has 2 aliphatic rings. The lowest BCUT2D eigenvalue weighted by Gasteiger charge is -2.25. The van der Waals surface area contributed by atoms with E-state index in [0.29, 0.717) is 0 Å². The van der Waals surface area contributed by atoms with Crippen molar-refractivity contribution in [1.29, 1.82) is 0 Å². The van der Waals surface area contributed by atoms with Crippen LogP contribution in [0.1, 0.15) is 49.9 Å². The van der Waals surface area contributed by atoms with Crippen molar-refractivity contribution >= 4 is 61.6 Å². The molecule has 12 aromatic carbocycles. The van der Waals surface area contributed by atoms with Crippen LogP contribution in [0.3, 0.4) is 0 Å². The van der Waals surface area contributed by atoms with E-state index in [-0.39, 0.29) is 10.8 Å². The minimum Gasteiger partial charge on any atom is -0.309 e. The van der Waals surface area contributed by atoms with E-state index in [2.05, 4.69) is 304 Å². The van der Waals surface area contributed by atoms with Crippen LogP contribution in [0.15, 0.2) is 267 Å². The number of fused-ring (bicyclic) bond motifs is 10. The third-order valence-corrected chi connectivity index (χ3v) is 18.7. The van der Waals surface area contributed by atoms with Crippen LogP contribution in [0.25, 0.3) is 116 Å². The lowest BCUT2D eigenvalue weighted by molar-refractivity contribution is 0.660. The van der Waals surface area contributed by atoms with Crippen LogP contribution in [0.2, 0.25) is 0 Å². The maximum atomic E-state index is 4.93. The number of benzene rings is 12. The molecule has 5 heteroatoms. The normalized spacial score (nSPS) is 13.5. The van der Waals surface area contributed by atoms with Crippen LogP contribution < -0.4 is 4.90 Å². The summed E-state index contributed by atoms with van der Waals surface area (Å²) in [5.41, 5.74) is 30.9. The van der Waals surface area contributed by atoms with E-state index in [1.165, 1.54) is 112 Å². The van der Waals surface area contributed by atoms with E-state index in [4.69, 9.17) is 8.75 Å². The number of hydrogen-bond donors (Lipinski definition) is 0. The lowest BCUT2D eigenvalue weighted by Crippen LogP contribution is -2.14. The van der Waals surface area contributed by atoms with E-state index in [1.54, 1.807) is 0 Å². The highest BCUT2D eigenvalue weighted by molar-refractivity contribution is 7.00. The summed E-state index contributed by atoms with van der Waals surface area (Å²) in [6.07, 6.45) is 0. The summed E-state index contributed by atoms with van der Waals surface area (Å²) in [4.78, 5) is 2.27. The van der Waals surface area contributed by atoms with E-state index >= 15 is 0 Å². The molecule has 0 spiro atoms. The molecule has 16 rings (SSSR count). The smallest absolute Gasteiger partial charge is 0.129 e. The van der Waals surface area contributed by atoms with Gasteiger partial charge in [-0.05, 0) is 180 Å². The Morgan fingerprint density at radius 2 is 0.687 bits per heavy atom. The molecule has 0 unspecified atom stereocenters. The third kappa shape index (κ3) is 7.79. The molecule has 0 aliphatic heterocycles. The second-order valence-corrected chi connectivity index (χ2v) is 24.0. The fourth-order valence-electron chi connectivity index (χ4n) is 13.8. The monoisotopic (exact) mass is 1080 g/mol. The Morgan fingerprint density at radius 1 is 0.313 bits per heavy atom. The zero-order valence-corrected chi connectivity index (χ0v) is 47.4. The summed E-state index contributed by atoms with van der Waals surface area (Å²) in [5.74, 6) is 0. The summed E-state index contributed by atoms with van der Waals surface area (Å²) >= 11 is 1.26. The molecule has 0 radical (unpaired) electrons. The van der Waals surface area contributed by atoms with Crippen molar-refractivity contribution in [3.63, 3.8) is 0 Å². The maximum Gasteiger partial charge on any atom is 0.129 e. The van der Waals surface area contributed by atoms with Gasteiger partial charge in [-0.25, -0.2) is 0 Å². The first-order chi connectivity index (χ1) is 40.7. The van der Waals surface area contributed by atoms with Gasteiger partial charge in [0.25, 0.3) is 0 Å². The molecule has 4 nitrogen and oxygen atoms in total. The molecule has 83 heavy (non-hydrogen) atoms. The Hall–Kier alpha value is -9.94. The largest absolute Gasteiger partial charge is 0.309 e. The van der Waals surface area contributed by atoms with Gasteiger partial charge in [0.1, 0.15) is 11.0 Å². The number of para-hydroxylation sites is 2. The minimum absolute atomic E-state index is 0.0524. The van der Waals surface area contributed by atoms with E-state index in [0.717, 1.165) is 55.9 Å². The third-order valence-electron chi connectivity index (χ3n) is 18.1. The molecule has 0 fully saturated rings. The van der Waals surface area contributed by atoms with Crippen molar-refractivity contribution in [3.05, 3.63) is 289 Å². The fourth-order valence-corrected chi connectivity index (χ4v) is 14.3. The molecule has 14 aromatic rings. The van der Waals surface area contributed by atoms with Crippen LogP contribution >= 0.6 is 11.7 Å². The van der Waals surface area contributed by atoms with Crippen molar-refractivity contribution < 1.29 is 0 Å². The minimum atomic E-state index is -0.0524. The van der Waals surface area contributed by atoms with Crippen molar-refractivity contribution in [2.45, 2.75) is 38.5 Å². The van der Waals surface area contributed by atoms with Crippen LogP contribution in [0.5, 0.6) is 0 Å². The van der Waals surface area contributed by atoms with Gasteiger partial charge in [0, 0.05) is 44.2 Å². The first-order valence-corrected chi connectivity index (χ1v) is 29.4. The molecule has 0 atom stereocenters. The highest BCUT2D eigenvalue weighted by Gasteiger charge is 2.36. The van der Waals surface area contributed by atoms with Gasteiger partial charge in [0.15, 0.2) is 0 Å². The van der Waals surface area contributed by atoms with Gasteiger partial charge in [-0.1, -0.05) is 210 Å². The van der Waals surface area contributed by atoms with Gasteiger partial charge >= 0.3 is 0 Å². The maximum absolute atomic E-state index is 4.93. The molecular formula is C78H56N4S. The average molecular weight is 1080 g/mol. The number of anilines is 3. The predicted octanol–water partition coefficient (Wildman–Crippen LogP) is 21.2. The SMILES string of the molecule is CC1(C)c2ccccc2-c2ccc(-c3ccc(-c4ccc5c(c4)c4cc(-c6ccc(-c7ccc8c(c7)C(C)(C)c7ccccc7-8)cc6)ccc4n5-c4ccc(-c5ccc(N(c6ccccc6)c6ccccc6)c6nsnc56)cc4)cc3)cc21. The fraction of sp³-hybridized carbons (Fsp3) is 0.0769. The second kappa shape index (κ2) is 18.8. The predicted molar refractivity (Wildman–Crippen MR) is 349 cm³/mol. The summed E-state index contributed by atoms with van der Waals surface area (Å²) in [7, 11) is 0. The number of aromatic nitrogens is 3. The van der Waals surface area contributed by atoms with Gasteiger partial charge in [0.2, 0.25) is 0 Å². The summed E-state index contributed by atoms with van der Waals surface area (Å²) in [5, 5.41) is 2.41.